The Morgan fingerprint density at radius 2 is 2.28 bits per heavy atom. The van der Waals surface area contributed by atoms with Gasteiger partial charge in [-0.2, -0.15) is 0 Å². The van der Waals surface area contributed by atoms with E-state index in [0.29, 0.717) is 31.2 Å². The monoisotopic (exact) mass is 399 g/mol. The van der Waals surface area contributed by atoms with Gasteiger partial charge in [-0.15, -0.1) is 0 Å². The van der Waals surface area contributed by atoms with Crippen LogP contribution in [0.5, 0.6) is 11.5 Å². The molecule has 7 nitrogen and oxygen atoms in total. The van der Waals surface area contributed by atoms with E-state index in [0.717, 1.165) is 18.5 Å². The molecule has 0 radical (unpaired) electrons. The van der Waals surface area contributed by atoms with E-state index < -0.39 is 5.82 Å². The van der Waals surface area contributed by atoms with Crippen molar-refractivity contribution in [1.82, 2.24) is 20.5 Å². The second kappa shape index (κ2) is 9.86. The number of aromatic nitrogens is 1. The molecule has 1 saturated heterocycles. The van der Waals surface area contributed by atoms with Crippen LogP contribution in [0.3, 0.4) is 0 Å². The van der Waals surface area contributed by atoms with Gasteiger partial charge in [0.25, 0.3) is 0 Å². The van der Waals surface area contributed by atoms with Crippen LogP contribution in [0.25, 0.3) is 0 Å². The Bertz CT molecular complexity index is 859. The van der Waals surface area contributed by atoms with E-state index in [1.165, 1.54) is 12.3 Å². The molecule has 2 heterocycles. The Labute approximate surface area is 170 Å². The van der Waals surface area contributed by atoms with Crippen molar-refractivity contribution < 1.29 is 13.9 Å². The number of nitrogens with one attached hydrogen (secondary N) is 2. The number of amides is 1. The quantitative estimate of drug-likeness (QED) is 0.577. The molecule has 0 spiro atoms. The molecule has 1 aromatic carbocycles. The fourth-order valence-electron chi connectivity index (χ4n) is 3.17. The van der Waals surface area contributed by atoms with Crippen molar-refractivity contribution in [3.63, 3.8) is 0 Å². The summed E-state index contributed by atoms with van der Waals surface area (Å²) in [4.78, 5) is 21.8. The molecule has 1 fully saturated rings. The predicted octanol–water partition coefficient (Wildman–Crippen LogP) is 2.69. The van der Waals surface area contributed by atoms with Gasteiger partial charge in [-0.25, -0.2) is 4.39 Å². The summed E-state index contributed by atoms with van der Waals surface area (Å²) in [6, 6.07) is 8.43. The van der Waals surface area contributed by atoms with Crippen LogP contribution in [0.2, 0.25) is 0 Å². The average molecular weight is 399 g/mol. The number of halogens is 1. The van der Waals surface area contributed by atoms with Gasteiger partial charge in [0.05, 0.1) is 6.20 Å². The van der Waals surface area contributed by atoms with Crippen molar-refractivity contribution in [1.29, 1.82) is 0 Å². The molecule has 1 aliphatic heterocycles. The van der Waals surface area contributed by atoms with Crippen molar-refractivity contribution in [2.45, 2.75) is 32.4 Å². The summed E-state index contributed by atoms with van der Waals surface area (Å²) in [5.41, 5.74) is 0.762. The van der Waals surface area contributed by atoms with Gasteiger partial charge in [0.15, 0.2) is 17.5 Å². The Kier molecular flexibility index (Phi) is 6.99. The highest BCUT2D eigenvalue weighted by Crippen LogP contribution is 2.24. The molecular formula is C21H26FN5O2. The Morgan fingerprint density at radius 1 is 1.41 bits per heavy atom. The molecule has 1 atom stereocenters. The van der Waals surface area contributed by atoms with Crippen LogP contribution in [0, 0.1) is 5.82 Å². The van der Waals surface area contributed by atoms with E-state index in [1.807, 2.05) is 11.8 Å². The minimum atomic E-state index is -0.444. The number of benzene rings is 1. The highest BCUT2D eigenvalue weighted by atomic mass is 19.1. The van der Waals surface area contributed by atoms with Gasteiger partial charge in [-0.05, 0) is 36.2 Å². The maximum Gasteiger partial charge on any atom is 0.222 e. The third kappa shape index (κ3) is 5.66. The highest BCUT2D eigenvalue weighted by Gasteiger charge is 2.25. The molecule has 1 aromatic heterocycles. The van der Waals surface area contributed by atoms with Gasteiger partial charge in [-0.3, -0.25) is 14.8 Å². The van der Waals surface area contributed by atoms with Crippen LogP contribution in [-0.4, -0.2) is 47.9 Å². The van der Waals surface area contributed by atoms with E-state index in [-0.39, 0.29) is 17.7 Å². The van der Waals surface area contributed by atoms with Crippen LogP contribution in [0.15, 0.2) is 47.7 Å². The first-order valence-corrected chi connectivity index (χ1v) is 9.70. The largest absolute Gasteiger partial charge is 0.453 e. The summed E-state index contributed by atoms with van der Waals surface area (Å²) >= 11 is 0. The number of nitrogens with zero attached hydrogens (tertiary/aromatic N) is 3. The number of hydrogen-bond donors (Lipinski definition) is 2. The highest BCUT2D eigenvalue weighted by molar-refractivity contribution is 5.80. The Hall–Kier alpha value is -3.16. The summed E-state index contributed by atoms with van der Waals surface area (Å²) in [6.45, 7) is 3.71. The van der Waals surface area contributed by atoms with Gasteiger partial charge in [0.2, 0.25) is 5.91 Å². The lowest BCUT2D eigenvalue weighted by atomic mass is 10.2. The molecule has 8 heteroatoms. The van der Waals surface area contributed by atoms with Crippen molar-refractivity contribution >= 4 is 11.9 Å². The number of pyridine rings is 1. The lowest BCUT2D eigenvalue weighted by Crippen LogP contribution is -2.44. The summed E-state index contributed by atoms with van der Waals surface area (Å²) in [5.74, 6) is 0.976. The van der Waals surface area contributed by atoms with E-state index in [4.69, 9.17) is 4.74 Å². The maximum absolute atomic E-state index is 14.4. The molecule has 1 unspecified atom stereocenters. The molecule has 0 aliphatic carbocycles. The average Bonchev–Trinajstić information content (AvgIpc) is 3.21. The minimum absolute atomic E-state index is 0.149. The standard InChI is InChI=1S/C21H26FN5O2/c1-3-20(28)27-10-8-16(14-27)26-21(23-2)25-12-15-6-7-19(18(22)11-15)29-17-5-4-9-24-13-17/h4-7,9,11,13,16H,3,8,10,12,14H2,1-2H3,(H2,23,25,26). The predicted molar refractivity (Wildman–Crippen MR) is 109 cm³/mol. The second-order valence-electron chi connectivity index (χ2n) is 6.80. The number of likely N-dealkylation sites (tertiary alicyclic amines) is 1. The summed E-state index contributed by atoms with van der Waals surface area (Å²) in [5, 5.41) is 6.51. The van der Waals surface area contributed by atoms with Crippen LogP contribution in [-0.2, 0) is 11.3 Å². The third-order valence-corrected chi connectivity index (χ3v) is 4.73. The van der Waals surface area contributed by atoms with Crippen molar-refractivity contribution in [2.75, 3.05) is 20.1 Å². The Balaban J connectivity index is 1.52. The number of carbonyl (C=O) groups excluding carboxylic acids is 1. The number of ether oxygens (including phenoxy) is 1. The number of aliphatic imine (C=N–C) groups is 1. The van der Waals surface area contributed by atoms with E-state index in [9.17, 15) is 9.18 Å². The van der Waals surface area contributed by atoms with Gasteiger partial charge >= 0.3 is 0 Å². The van der Waals surface area contributed by atoms with Gasteiger partial charge < -0.3 is 20.3 Å². The molecule has 0 saturated carbocycles. The Morgan fingerprint density at radius 3 is 2.97 bits per heavy atom. The molecule has 1 aliphatic rings. The minimum Gasteiger partial charge on any atom is -0.453 e. The number of rotatable bonds is 6. The van der Waals surface area contributed by atoms with Gasteiger partial charge in [0.1, 0.15) is 5.75 Å². The zero-order valence-corrected chi connectivity index (χ0v) is 16.7. The summed E-state index contributed by atoms with van der Waals surface area (Å²) < 4.78 is 19.9. The number of carbonyl (C=O) groups is 1. The molecule has 3 rings (SSSR count). The normalized spacial score (nSPS) is 16.6. The van der Waals surface area contributed by atoms with Crippen molar-refractivity contribution in [2.24, 2.45) is 4.99 Å². The zero-order chi connectivity index (χ0) is 20.6. The first-order chi connectivity index (χ1) is 14.1. The third-order valence-electron chi connectivity index (χ3n) is 4.73. The molecule has 29 heavy (non-hydrogen) atoms. The molecule has 1 amide bonds. The van der Waals surface area contributed by atoms with E-state index in [2.05, 4.69) is 20.6 Å². The first-order valence-electron chi connectivity index (χ1n) is 9.70. The molecular weight excluding hydrogens is 373 g/mol. The fraction of sp³-hybridized carbons (Fsp3) is 0.381. The molecule has 154 valence electrons. The van der Waals surface area contributed by atoms with Crippen LogP contribution < -0.4 is 15.4 Å². The van der Waals surface area contributed by atoms with Crippen LogP contribution in [0.4, 0.5) is 4.39 Å². The summed E-state index contributed by atoms with van der Waals surface area (Å²) in [6.07, 6.45) is 4.56. The van der Waals surface area contributed by atoms with E-state index in [1.54, 1.807) is 37.5 Å². The van der Waals surface area contributed by atoms with Gasteiger partial charge in [-0.1, -0.05) is 13.0 Å². The SMILES string of the molecule is CCC(=O)N1CCC(NC(=NC)NCc2ccc(Oc3cccnc3)c(F)c2)C1. The topological polar surface area (TPSA) is 78.9 Å². The zero-order valence-electron chi connectivity index (χ0n) is 16.7. The van der Waals surface area contributed by atoms with Gasteiger partial charge in [0, 0.05) is 45.3 Å². The maximum atomic E-state index is 14.4. The molecule has 0 bridgehead atoms. The number of hydrogen-bond acceptors (Lipinski definition) is 4. The van der Waals surface area contributed by atoms with Crippen LogP contribution in [0.1, 0.15) is 25.3 Å². The smallest absolute Gasteiger partial charge is 0.222 e. The number of guanidine groups is 1. The lowest BCUT2D eigenvalue weighted by Gasteiger charge is -2.19. The summed E-state index contributed by atoms with van der Waals surface area (Å²) in [7, 11) is 1.69. The van der Waals surface area contributed by atoms with Crippen LogP contribution >= 0.6 is 0 Å². The van der Waals surface area contributed by atoms with E-state index >= 15 is 0 Å². The second-order valence-corrected chi connectivity index (χ2v) is 6.80. The first kappa shape index (κ1) is 20.6. The molecule has 2 aromatic rings. The van der Waals surface area contributed by atoms with Crippen molar-refractivity contribution in [3.05, 3.63) is 54.1 Å². The van der Waals surface area contributed by atoms with Crippen molar-refractivity contribution in [3.8, 4) is 11.5 Å². The fourth-order valence-corrected chi connectivity index (χ4v) is 3.17. The lowest BCUT2D eigenvalue weighted by molar-refractivity contribution is -0.129. The molecule has 2 N–H and O–H groups in total.